The summed E-state index contributed by atoms with van der Waals surface area (Å²) in [6.07, 6.45) is 3.60. The lowest BCUT2D eigenvalue weighted by atomic mass is 9.69. The predicted molar refractivity (Wildman–Crippen MR) is 91.2 cm³/mol. The molecule has 2 saturated heterocycles. The molecule has 0 saturated carbocycles. The third-order valence-corrected chi connectivity index (χ3v) is 5.90. The number of amides is 1. The van der Waals surface area contributed by atoms with E-state index in [-0.39, 0.29) is 17.4 Å². The van der Waals surface area contributed by atoms with Crippen LogP contribution in [0.1, 0.15) is 29.6 Å². The zero-order valence-corrected chi connectivity index (χ0v) is 14.7. The maximum Gasteiger partial charge on any atom is 0.253 e. The molecule has 1 atom stereocenters. The Balaban J connectivity index is 1.69. The Labute approximate surface area is 143 Å². The summed E-state index contributed by atoms with van der Waals surface area (Å²) in [4.78, 5) is 14.4. The average molecular weight is 352 g/mol. The van der Waals surface area contributed by atoms with Gasteiger partial charge in [0.25, 0.3) is 5.91 Å². The summed E-state index contributed by atoms with van der Waals surface area (Å²) in [5.74, 6) is 0.0464. The van der Waals surface area contributed by atoms with Crippen molar-refractivity contribution in [2.75, 3.05) is 32.6 Å². The molecule has 2 aliphatic heterocycles. The van der Waals surface area contributed by atoms with Crippen molar-refractivity contribution in [2.45, 2.75) is 25.3 Å². The Morgan fingerprint density at radius 1 is 1.21 bits per heavy atom. The van der Waals surface area contributed by atoms with Gasteiger partial charge in [0, 0.05) is 25.3 Å². The van der Waals surface area contributed by atoms with E-state index in [0.29, 0.717) is 31.9 Å². The lowest BCUT2D eigenvalue weighted by molar-refractivity contribution is -0.0400. The highest BCUT2D eigenvalue weighted by atomic mass is 32.2. The van der Waals surface area contributed by atoms with Gasteiger partial charge in [-0.1, -0.05) is 18.2 Å². The summed E-state index contributed by atoms with van der Waals surface area (Å²) in [7, 11) is -3.28. The number of hydrogen-bond donors (Lipinski definition) is 1. The van der Waals surface area contributed by atoms with Crippen LogP contribution in [0.25, 0.3) is 0 Å². The van der Waals surface area contributed by atoms with Gasteiger partial charge in [0.05, 0.1) is 18.9 Å². The van der Waals surface area contributed by atoms with E-state index in [1.807, 2.05) is 35.2 Å². The van der Waals surface area contributed by atoms with Gasteiger partial charge in [-0.05, 0) is 36.8 Å². The Kier molecular flexibility index (Phi) is 4.94. The Morgan fingerprint density at radius 2 is 1.88 bits per heavy atom. The molecule has 1 aromatic rings. The zero-order chi connectivity index (χ0) is 17.2. The van der Waals surface area contributed by atoms with Crippen LogP contribution in [0.4, 0.5) is 0 Å². The van der Waals surface area contributed by atoms with Crippen molar-refractivity contribution in [1.82, 2.24) is 9.62 Å². The van der Waals surface area contributed by atoms with Gasteiger partial charge >= 0.3 is 0 Å². The number of nitrogens with one attached hydrogen (secondary N) is 1. The van der Waals surface area contributed by atoms with Crippen molar-refractivity contribution in [3.05, 3.63) is 35.9 Å². The fourth-order valence-corrected chi connectivity index (χ4v) is 4.60. The molecule has 24 heavy (non-hydrogen) atoms. The second-order valence-electron chi connectivity index (χ2n) is 6.79. The molecule has 1 amide bonds. The van der Waals surface area contributed by atoms with Gasteiger partial charge in [-0.25, -0.2) is 13.1 Å². The first-order valence-corrected chi connectivity index (χ1v) is 10.2. The van der Waals surface area contributed by atoms with Crippen LogP contribution in [0.2, 0.25) is 0 Å². The van der Waals surface area contributed by atoms with Crippen LogP contribution in [0.5, 0.6) is 0 Å². The fraction of sp³-hybridized carbons (Fsp3) is 0.588. The number of carbonyl (C=O) groups excluding carboxylic acids is 1. The molecule has 0 radical (unpaired) electrons. The van der Waals surface area contributed by atoms with E-state index >= 15 is 0 Å². The lowest BCUT2D eigenvalue weighted by Gasteiger charge is -2.48. The number of carbonyl (C=O) groups is 1. The first-order chi connectivity index (χ1) is 11.4. The zero-order valence-electron chi connectivity index (χ0n) is 13.9. The highest BCUT2D eigenvalue weighted by Gasteiger charge is 2.45. The van der Waals surface area contributed by atoms with Gasteiger partial charge < -0.3 is 9.64 Å². The third-order valence-electron chi connectivity index (χ3n) is 5.19. The van der Waals surface area contributed by atoms with Gasteiger partial charge in [-0.3, -0.25) is 4.79 Å². The second-order valence-corrected chi connectivity index (χ2v) is 8.57. The van der Waals surface area contributed by atoms with Crippen molar-refractivity contribution in [3.63, 3.8) is 0 Å². The van der Waals surface area contributed by atoms with E-state index in [4.69, 9.17) is 4.74 Å². The molecule has 0 unspecified atom stereocenters. The molecule has 0 bridgehead atoms. The number of rotatable bonds is 3. The van der Waals surface area contributed by atoms with E-state index in [1.54, 1.807) is 0 Å². The highest BCUT2D eigenvalue weighted by molar-refractivity contribution is 7.88. The van der Waals surface area contributed by atoms with Crippen LogP contribution in [-0.2, 0) is 14.8 Å². The topological polar surface area (TPSA) is 75.7 Å². The molecule has 132 valence electrons. The van der Waals surface area contributed by atoms with Gasteiger partial charge in [0.15, 0.2) is 0 Å². The summed E-state index contributed by atoms with van der Waals surface area (Å²) < 4.78 is 31.5. The molecular weight excluding hydrogens is 328 g/mol. The van der Waals surface area contributed by atoms with E-state index in [2.05, 4.69) is 4.72 Å². The maximum atomic E-state index is 12.6. The van der Waals surface area contributed by atoms with Crippen LogP contribution in [0.3, 0.4) is 0 Å². The summed E-state index contributed by atoms with van der Waals surface area (Å²) in [5, 5.41) is 0. The summed E-state index contributed by atoms with van der Waals surface area (Å²) >= 11 is 0. The highest BCUT2D eigenvalue weighted by Crippen LogP contribution is 2.41. The largest absolute Gasteiger partial charge is 0.380 e. The minimum absolute atomic E-state index is 0.0464. The molecule has 6 nitrogen and oxygen atoms in total. The standard InChI is InChI=1S/C17H24N2O4S/c1-24(21,22)18-15-13-23-12-9-17(15)7-10-19(11-8-17)16(20)14-5-3-2-4-6-14/h2-6,15,18H,7-13H2,1H3/t15-/m1/s1. The number of piperidine rings is 1. The molecule has 1 spiro atoms. The average Bonchev–Trinajstić information content (AvgIpc) is 2.57. The van der Waals surface area contributed by atoms with Gasteiger partial charge in [-0.2, -0.15) is 0 Å². The number of ether oxygens (including phenoxy) is 1. The van der Waals surface area contributed by atoms with E-state index in [1.165, 1.54) is 6.26 Å². The minimum Gasteiger partial charge on any atom is -0.380 e. The first-order valence-electron chi connectivity index (χ1n) is 8.29. The Hall–Kier alpha value is -1.44. The fourth-order valence-electron chi connectivity index (χ4n) is 3.76. The number of nitrogens with zero attached hydrogens (tertiary/aromatic N) is 1. The van der Waals surface area contributed by atoms with Crippen LogP contribution in [0, 0.1) is 5.41 Å². The van der Waals surface area contributed by atoms with E-state index in [0.717, 1.165) is 19.3 Å². The molecule has 0 aliphatic carbocycles. The third kappa shape index (κ3) is 3.79. The number of hydrogen-bond acceptors (Lipinski definition) is 4. The molecule has 2 aliphatic rings. The Morgan fingerprint density at radius 3 is 2.50 bits per heavy atom. The van der Waals surface area contributed by atoms with Crippen molar-refractivity contribution < 1.29 is 17.9 Å². The van der Waals surface area contributed by atoms with Crippen molar-refractivity contribution in [2.24, 2.45) is 5.41 Å². The van der Waals surface area contributed by atoms with Crippen LogP contribution < -0.4 is 4.72 Å². The molecule has 2 fully saturated rings. The summed E-state index contributed by atoms with van der Waals surface area (Å²) in [6, 6.07) is 9.07. The van der Waals surface area contributed by atoms with Gasteiger partial charge in [0.1, 0.15) is 0 Å². The monoisotopic (exact) mass is 352 g/mol. The first kappa shape index (κ1) is 17.4. The van der Waals surface area contributed by atoms with Crippen LogP contribution in [-0.4, -0.2) is 57.8 Å². The summed E-state index contributed by atoms with van der Waals surface area (Å²) in [5.41, 5.74) is 0.584. The van der Waals surface area contributed by atoms with Crippen LogP contribution >= 0.6 is 0 Å². The quantitative estimate of drug-likeness (QED) is 0.888. The smallest absolute Gasteiger partial charge is 0.253 e. The second kappa shape index (κ2) is 6.82. The molecule has 3 rings (SSSR count). The summed E-state index contributed by atoms with van der Waals surface area (Å²) in [6.45, 7) is 2.35. The molecule has 2 heterocycles. The van der Waals surface area contributed by atoms with Crippen molar-refractivity contribution in [3.8, 4) is 0 Å². The molecule has 0 aromatic heterocycles. The van der Waals surface area contributed by atoms with E-state index < -0.39 is 10.0 Å². The lowest BCUT2D eigenvalue weighted by Crippen LogP contribution is -2.57. The normalized spacial score (nSPS) is 24.0. The van der Waals surface area contributed by atoms with Crippen LogP contribution in [0.15, 0.2) is 30.3 Å². The number of sulfonamides is 1. The van der Waals surface area contributed by atoms with Gasteiger partial charge in [0.2, 0.25) is 10.0 Å². The number of benzene rings is 1. The number of likely N-dealkylation sites (tertiary alicyclic amines) is 1. The van der Waals surface area contributed by atoms with Crippen molar-refractivity contribution in [1.29, 1.82) is 0 Å². The molecular formula is C17H24N2O4S. The molecule has 1 N–H and O–H groups in total. The van der Waals surface area contributed by atoms with Gasteiger partial charge in [-0.15, -0.1) is 0 Å². The van der Waals surface area contributed by atoms with E-state index in [9.17, 15) is 13.2 Å². The SMILES string of the molecule is CS(=O)(=O)N[C@@H]1COCCC12CCN(C(=O)c1ccccc1)CC2. The maximum absolute atomic E-state index is 12.6. The minimum atomic E-state index is -3.28. The molecule has 1 aromatic carbocycles. The molecule has 7 heteroatoms. The Bertz CT molecular complexity index is 682. The predicted octanol–water partition coefficient (Wildman–Crippen LogP) is 1.25. The van der Waals surface area contributed by atoms with Crippen molar-refractivity contribution >= 4 is 15.9 Å².